The number of thioether (sulfide) groups is 1. The summed E-state index contributed by atoms with van der Waals surface area (Å²) in [4.78, 5) is 8.36. The lowest BCUT2D eigenvalue weighted by Crippen LogP contribution is -2.40. The molecule has 1 N–H and O–H groups in total. The normalized spacial score (nSPS) is 25.6. The lowest BCUT2D eigenvalue weighted by atomic mass is 9.95. The highest BCUT2D eigenvalue weighted by Crippen LogP contribution is 2.27. The highest BCUT2D eigenvalue weighted by molar-refractivity contribution is 7.99. The van der Waals surface area contributed by atoms with E-state index in [1.54, 1.807) is 12.4 Å². The van der Waals surface area contributed by atoms with Crippen LogP contribution in [0.3, 0.4) is 0 Å². The van der Waals surface area contributed by atoms with Gasteiger partial charge in [-0.2, -0.15) is 11.8 Å². The van der Waals surface area contributed by atoms with Gasteiger partial charge in [0.25, 0.3) is 0 Å². The molecule has 0 aliphatic heterocycles. The number of nitrogens with one attached hydrogen (secondary N) is 1. The van der Waals surface area contributed by atoms with Crippen molar-refractivity contribution >= 4 is 11.8 Å². The molecule has 1 aliphatic carbocycles. The lowest BCUT2D eigenvalue weighted by Gasteiger charge is -2.31. The van der Waals surface area contributed by atoms with Gasteiger partial charge in [-0.25, -0.2) is 0 Å². The maximum Gasteiger partial charge on any atom is 0.0724 e. The van der Waals surface area contributed by atoms with E-state index in [1.165, 1.54) is 25.7 Å². The van der Waals surface area contributed by atoms with E-state index in [1.807, 2.05) is 18.0 Å². The molecule has 2 unspecified atom stereocenters. The van der Waals surface area contributed by atoms with Crippen molar-refractivity contribution in [3.8, 4) is 0 Å². The van der Waals surface area contributed by atoms with Gasteiger partial charge in [-0.1, -0.05) is 12.8 Å². The Morgan fingerprint density at radius 1 is 1.38 bits per heavy atom. The van der Waals surface area contributed by atoms with Crippen LogP contribution < -0.4 is 5.32 Å². The Morgan fingerprint density at radius 2 is 2.25 bits per heavy atom. The lowest BCUT2D eigenvalue weighted by molar-refractivity contribution is 0.381. The van der Waals surface area contributed by atoms with Gasteiger partial charge in [-0.3, -0.25) is 9.97 Å². The number of hydrogen-bond donors (Lipinski definition) is 1. The van der Waals surface area contributed by atoms with E-state index in [4.69, 9.17) is 0 Å². The van der Waals surface area contributed by atoms with Gasteiger partial charge >= 0.3 is 0 Å². The molecule has 1 aromatic heterocycles. The van der Waals surface area contributed by atoms with Crippen molar-refractivity contribution in [2.45, 2.75) is 43.5 Å². The summed E-state index contributed by atoms with van der Waals surface area (Å²) in [6.45, 7) is 0.843. The Labute approximate surface area is 101 Å². The first-order valence-corrected chi connectivity index (χ1v) is 7.20. The van der Waals surface area contributed by atoms with Crippen molar-refractivity contribution in [2.75, 3.05) is 6.26 Å². The topological polar surface area (TPSA) is 37.8 Å². The molecule has 0 saturated heterocycles. The predicted molar refractivity (Wildman–Crippen MR) is 68.4 cm³/mol. The second kappa shape index (κ2) is 6.21. The van der Waals surface area contributed by atoms with E-state index < -0.39 is 0 Å². The van der Waals surface area contributed by atoms with E-state index in [-0.39, 0.29) is 0 Å². The molecular formula is C12H19N3S. The minimum absolute atomic E-state index is 0.644. The molecule has 1 saturated carbocycles. The summed E-state index contributed by atoms with van der Waals surface area (Å²) in [7, 11) is 0. The molecule has 0 aromatic carbocycles. The fourth-order valence-electron chi connectivity index (χ4n) is 2.27. The van der Waals surface area contributed by atoms with Gasteiger partial charge in [0.15, 0.2) is 0 Å². The molecule has 0 radical (unpaired) electrons. The second-order valence-corrected chi connectivity index (χ2v) is 5.32. The summed E-state index contributed by atoms with van der Waals surface area (Å²) < 4.78 is 0. The number of hydrogen-bond acceptors (Lipinski definition) is 4. The summed E-state index contributed by atoms with van der Waals surface area (Å²) >= 11 is 1.99. The second-order valence-electron chi connectivity index (χ2n) is 4.24. The third-order valence-electron chi connectivity index (χ3n) is 3.17. The van der Waals surface area contributed by atoms with Gasteiger partial charge in [-0.05, 0) is 19.1 Å². The molecule has 3 nitrogen and oxygen atoms in total. The van der Waals surface area contributed by atoms with Crippen LogP contribution in [-0.4, -0.2) is 27.5 Å². The van der Waals surface area contributed by atoms with Crippen molar-refractivity contribution in [1.82, 2.24) is 15.3 Å². The molecule has 1 heterocycles. The fraction of sp³-hybridized carbons (Fsp3) is 0.667. The van der Waals surface area contributed by atoms with Crippen LogP contribution in [0.15, 0.2) is 18.6 Å². The van der Waals surface area contributed by atoms with Crippen LogP contribution in [0.5, 0.6) is 0 Å². The first-order valence-electron chi connectivity index (χ1n) is 5.91. The summed E-state index contributed by atoms with van der Waals surface area (Å²) in [5.74, 6) is 0. The Hall–Kier alpha value is -0.610. The van der Waals surface area contributed by atoms with Crippen LogP contribution in [0.4, 0.5) is 0 Å². The van der Waals surface area contributed by atoms with Crippen molar-refractivity contribution in [1.29, 1.82) is 0 Å². The van der Waals surface area contributed by atoms with E-state index in [0.717, 1.165) is 17.5 Å². The molecule has 0 spiro atoms. The van der Waals surface area contributed by atoms with Crippen LogP contribution in [-0.2, 0) is 6.54 Å². The van der Waals surface area contributed by atoms with E-state index in [0.29, 0.717) is 6.04 Å². The highest BCUT2D eigenvalue weighted by Gasteiger charge is 2.23. The van der Waals surface area contributed by atoms with Crippen molar-refractivity contribution < 1.29 is 0 Å². The van der Waals surface area contributed by atoms with Crippen molar-refractivity contribution in [3.63, 3.8) is 0 Å². The zero-order valence-corrected chi connectivity index (χ0v) is 10.5. The van der Waals surface area contributed by atoms with Crippen molar-refractivity contribution in [3.05, 3.63) is 24.3 Å². The molecule has 1 fully saturated rings. The van der Waals surface area contributed by atoms with Crippen LogP contribution in [0.1, 0.15) is 31.4 Å². The first kappa shape index (κ1) is 11.9. The predicted octanol–water partition coefficient (Wildman–Crippen LogP) is 2.24. The van der Waals surface area contributed by atoms with Gasteiger partial charge in [0.1, 0.15) is 0 Å². The maximum absolute atomic E-state index is 4.28. The van der Waals surface area contributed by atoms with Crippen molar-refractivity contribution in [2.24, 2.45) is 0 Å². The summed E-state index contributed by atoms with van der Waals surface area (Å²) in [6, 6.07) is 0.644. The third kappa shape index (κ3) is 3.19. The van der Waals surface area contributed by atoms with Crippen LogP contribution in [0.2, 0.25) is 0 Å². The standard InChI is InChI=1S/C12H19N3S/c1-16-12-5-3-2-4-11(12)15-9-10-8-13-6-7-14-10/h6-8,11-12,15H,2-5,9H2,1H3. The van der Waals surface area contributed by atoms with Crippen LogP contribution in [0, 0.1) is 0 Å². The average molecular weight is 237 g/mol. The average Bonchev–Trinajstić information content (AvgIpc) is 2.38. The molecule has 1 aromatic rings. The Kier molecular flexibility index (Phi) is 4.60. The third-order valence-corrected chi connectivity index (χ3v) is 4.34. The number of nitrogens with zero attached hydrogens (tertiary/aromatic N) is 2. The van der Waals surface area contributed by atoms with Crippen LogP contribution in [0.25, 0.3) is 0 Å². The molecule has 88 valence electrons. The Balaban J connectivity index is 1.84. The monoisotopic (exact) mass is 237 g/mol. The summed E-state index contributed by atoms with van der Waals surface area (Å²) in [5, 5.41) is 4.38. The van der Waals surface area contributed by atoms with E-state index in [2.05, 4.69) is 21.5 Å². The van der Waals surface area contributed by atoms with Gasteiger partial charge in [-0.15, -0.1) is 0 Å². The van der Waals surface area contributed by atoms with E-state index >= 15 is 0 Å². The van der Waals surface area contributed by atoms with Gasteiger partial charge in [0, 0.05) is 36.4 Å². The van der Waals surface area contributed by atoms with Gasteiger partial charge in [0.05, 0.1) is 5.69 Å². The summed E-state index contributed by atoms with van der Waals surface area (Å²) in [5.41, 5.74) is 1.04. The maximum atomic E-state index is 4.28. The smallest absolute Gasteiger partial charge is 0.0724 e. The quantitative estimate of drug-likeness (QED) is 0.871. The minimum atomic E-state index is 0.644. The molecule has 2 rings (SSSR count). The van der Waals surface area contributed by atoms with Gasteiger partial charge < -0.3 is 5.32 Å². The number of rotatable bonds is 4. The Bertz CT molecular complexity index is 304. The largest absolute Gasteiger partial charge is 0.307 e. The SMILES string of the molecule is CSC1CCCCC1NCc1cnccn1. The molecule has 4 heteroatoms. The zero-order chi connectivity index (χ0) is 11.2. The molecule has 2 atom stereocenters. The zero-order valence-electron chi connectivity index (χ0n) is 9.72. The molecule has 0 bridgehead atoms. The molecular weight excluding hydrogens is 218 g/mol. The summed E-state index contributed by atoms with van der Waals surface area (Å²) in [6.07, 6.45) is 12.9. The molecule has 0 amide bonds. The minimum Gasteiger partial charge on any atom is -0.307 e. The number of aromatic nitrogens is 2. The Morgan fingerprint density at radius 3 is 3.00 bits per heavy atom. The molecule has 16 heavy (non-hydrogen) atoms. The fourth-order valence-corrected chi connectivity index (χ4v) is 3.23. The van der Waals surface area contributed by atoms with E-state index in [9.17, 15) is 0 Å². The first-order chi connectivity index (χ1) is 7.90. The van der Waals surface area contributed by atoms with Gasteiger partial charge in [0.2, 0.25) is 0 Å². The van der Waals surface area contributed by atoms with Crippen LogP contribution >= 0.6 is 11.8 Å². The molecule has 1 aliphatic rings. The highest BCUT2D eigenvalue weighted by atomic mass is 32.2.